The standard InChI is InChI=1S/C66H72N6O15PS.3H2O/c1-70(25-43-37(4-7-49-64(43)85-31-76-49)58-46(73)16-34-19-52-55(82-28-79-52)22-40(34)61(58)70)13-10-67-88(89,68-11-14-71(2)26-44-38(5-8-50-65(44)86-32-77-50)59-47(74)17-35-20-53-56(83-29-80-53)23-41(35)62(59)71)69-12-15-72(3)27-45-39(6-9-51-66(45)87-33-78-51)60-48(75)18-36-21-54-57(84-30-81-54)24-42(36)63(60)72;;;/h4-9,19-24,46-48,58-63,73-75H,10-18,25-33H2,1-3H3,(H3,67,68,69,89);3*1H2/q+3;;;/p-3/t46-,47-,48-,58-,59-,60-,61+,62+,63+,70?,71?,72?,88?;;;/m0.../s1. The Morgan fingerprint density at radius 3 is 0.935 bits per heavy atom. The van der Waals surface area contributed by atoms with Gasteiger partial charge in [0.15, 0.2) is 69.0 Å². The van der Waals surface area contributed by atoms with E-state index in [1.165, 1.54) is 0 Å². The molecule has 9 aliphatic heterocycles. The molecule has 3 unspecified atom stereocenters. The summed E-state index contributed by atoms with van der Waals surface area (Å²) in [5.74, 6) is 7.90. The van der Waals surface area contributed by atoms with E-state index in [4.69, 9.17) is 68.6 Å². The molecule has 0 fully saturated rings. The van der Waals surface area contributed by atoms with Crippen LogP contribution in [0.2, 0.25) is 0 Å². The highest BCUT2D eigenvalue weighted by atomic mass is 32.4. The highest BCUT2D eigenvalue weighted by Gasteiger charge is 2.57. The molecule has 12 aliphatic rings. The molecule has 26 heteroatoms. The van der Waals surface area contributed by atoms with E-state index in [1.54, 1.807) is 0 Å². The molecule has 92 heavy (non-hydrogen) atoms. The zero-order chi connectivity index (χ0) is 59.9. The van der Waals surface area contributed by atoms with Gasteiger partial charge in [0.05, 0.1) is 113 Å². The number of fused-ring (bicyclic) bond motifs is 24. The van der Waals surface area contributed by atoms with Gasteiger partial charge in [0.2, 0.25) is 40.8 Å². The van der Waals surface area contributed by atoms with Crippen LogP contribution in [-0.4, -0.2) is 165 Å². The predicted octanol–water partition coefficient (Wildman–Crippen LogP) is 6.03. The lowest BCUT2D eigenvalue weighted by Crippen LogP contribution is -2.58. The molecule has 488 valence electrons. The Hall–Kier alpha value is -6.91. The molecule has 6 aromatic rings. The van der Waals surface area contributed by atoms with Gasteiger partial charge in [0.1, 0.15) is 44.2 Å². The van der Waals surface area contributed by atoms with Crippen molar-refractivity contribution in [2.24, 2.45) is 0 Å². The fourth-order valence-electron chi connectivity index (χ4n) is 18.1. The van der Waals surface area contributed by atoms with Crippen LogP contribution in [0.4, 0.5) is 0 Å². The van der Waals surface area contributed by atoms with Crippen LogP contribution in [0, 0.1) is 0 Å². The first-order chi connectivity index (χ1) is 43.2. The summed E-state index contributed by atoms with van der Waals surface area (Å²) in [6.07, 6.45) is -0.622. The Morgan fingerprint density at radius 2 is 0.641 bits per heavy atom. The van der Waals surface area contributed by atoms with Gasteiger partial charge >= 0.3 is 0 Å². The summed E-state index contributed by atoms with van der Waals surface area (Å²) in [6.45, 7) is 3.20. The molecule has 9 heterocycles. The van der Waals surface area contributed by atoms with Gasteiger partial charge in [0, 0.05) is 16.7 Å². The lowest BCUT2D eigenvalue weighted by atomic mass is 9.69. The van der Waals surface area contributed by atoms with Crippen molar-refractivity contribution in [3.8, 4) is 69.0 Å². The first kappa shape index (κ1) is 61.3. The second kappa shape index (κ2) is 22.4. The molecule has 12 atom stereocenters. The topological polar surface area (TPSA) is 298 Å². The van der Waals surface area contributed by atoms with E-state index in [1.807, 2.05) is 18.2 Å². The zero-order valence-corrected chi connectivity index (χ0v) is 52.8. The molecule has 0 bridgehead atoms. The number of quaternary nitrogens is 3. The summed E-state index contributed by atoms with van der Waals surface area (Å²) < 4.78 is 74.2. The molecule has 6 aromatic carbocycles. The Labute approximate surface area is 536 Å². The largest absolute Gasteiger partial charge is 0.870 e. The average molecular weight is 1300 g/mol. The monoisotopic (exact) mass is 1300 g/mol. The van der Waals surface area contributed by atoms with Crippen LogP contribution >= 0.6 is 6.49 Å². The van der Waals surface area contributed by atoms with Gasteiger partial charge in [-0.05, 0) is 119 Å². The minimum Gasteiger partial charge on any atom is -0.870 e. The van der Waals surface area contributed by atoms with Gasteiger partial charge in [-0.1, -0.05) is 18.2 Å². The summed E-state index contributed by atoms with van der Waals surface area (Å²) in [4.78, 5) is 0. The van der Waals surface area contributed by atoms with Crippen LogP contribution in [-0.2, 0) is 50.7 Å². The molecular weight excluding hydrogens is 1230 g/mol. The van der Waals surface area contributed by atoms with Gasteiger partial charge in [-0.25, -0.2) is 0 Å². The highest BCUT2D eigenvalue weighted by molar-refractivity contribution is 8.11. The van der Waals surface area contributed by atoms with Crippen molar-refractivity contribution in [1.82, 2.24) is 15.3 Å². The minimum atomic E-state index is -2.96. The number of likely N-dealkylation sites (N-methyl/N-ethyl adjacent to an activating group) is 3. The first-order valence-corrected chi connectivity index (χ1v) is 33.9. The second-order valence-electron chi connectivity index (χ2n) is 27.0. The maximum Gasteiger partial charge on any atom is 0.231 e. The van der Waals surface area contributed by atoms with Crippen LogP contribution < -0.4 is 72.1 Å². The molecule has 0 saturated carbocycles. The van der Waals surface area contributed by atoms with Crippen LogP contribution in [0.15, 0.2) is 72.8 Å². The van der Waals surface area contributed by atoms with E-state index in [0.29, 0.717) is 126 Å². The molecule has 3 aliphatic carbocycles. The van der Waals surface area contributed by atoms with Crippen LogP contribution in [0.25, 0.3) is 0 Å². The van der Waals surface area contributed by atoms with E-state index in [2.05, 4.69) is 91.0 Å². The Morgan fingerprint density at radius 1 is 0.380 bits per heavy atom. The van der Waals surface area contributed by atoms with E-state index in [-0.39, 0.29) is 93.1 Å². The summed E-state index contributed by atoms with van der Waals surface area (Å²) in [7, 11) is 6.88. The zero-order valence-electron chi connectivity index (χ0n) is 51.1. The van der Waals surface area contributed by atoms with Crippen molar-refractivity contribution in [2.45, 2.75) is 93.1 Å². The molecular formula is C66H75N6O18PS. The SMILES string of the molecule is C[N+]1(CCNP(=S)(NCC[N+]2(C)Cc3c(ccc4c3OCO4)[C@@H]3[C@H]2c2cc4c(cc2C[C@@H]3O)OCO4)NCC[N+]2(C)Cc3c(ccc4c3OCO4)[C@@H]3[C@H]2c2cc4c(cc2C[C@@H]3O)OCO4)Cc2c(ccc3c2OCO3)[C@@H]2[C@H]1c1cc3c(cc1C[C@@H]2O)OCO3.[OH-].[OH-].[OH-]. The van der Waals surface area contributed by atoms with Crippen LogP contribution in [0.5, 0.6) is 69.0 Å². The quantitative estimate of drug-likeness (QED) is 0.0602. The third-order valence-electron chi connectivity index (χ3n) is 22.0. The van der Waals surface area contributed by atoms with Crippen molar-refractivity contribution in [3.63, 3.8) is 0 Å². The van der Waals surface area contributed by atoms with Crippen LogP contribution in [0.3, 0.4) is 0 Å². The maximum atomic E-state index is 12.4. The van der Waals surface area contributed by atoms with Crippen molar-refractivity contribution < 1.29 is 102 Å². The molecule has 18 rings (SSSR count). The molecule has 0 radical (unpaired) electrons. The van der Waals surface area contributed by atoms with E-state index < -0.39 is 24.8 Å². The third-order valence-corrected chi connectivity index (χ3v) is 25.1. The number of ether oxygens (including phenoxy) is 12. The van der Waals surface area contributed by atoms with Crippen molar-refractivity contribution in [3.05, 3.63) is 140 Å². The molecule has 0 amide bonds. The maximum absolute atomic E-state index is 12.4. The normalized spacial score (nSPS) is 30.2. The lowest BCUT2D eigenvalue weighted by molar-refractivity contribution is -0.956. The Kier molecular flexibility index (Phi) is 14.9. The van der Waals surface area contributed by atoms with E-state index in [9.17, 15) is 15.3 Å². The Bertz CT molecular complexity index is 3650. The first-order valence-electron chi connectivity index (χ1n) is 31.1. The fourth-order valence-corrected chi connectivity index (χ4v) is 20.5. The molecule has 24 nitrogen and oxygen atoms in total. The number of hydrogen-bond donors (Lipinski definition) is 6. The predicted molar refractivity (Wildman–Crippen MR) is 329 cm³/mol. The highest BCUT2D eigenvalue weighted by Crippen LogP contribution is 2.61. The molecule has 0 aromatic heterocycles. The summed E-state index contributed by atoms with van der Waals surface area (Å²) in [5.41, 5.74) is 13.0. The van der Waals surface area contributed by atoms with E-state index in [0.717, 1.165) is 101 Å². The van der Waals surface area contributed by atoms with Crippen LogP contribution in [0.1, 0.15) is 103 Å². The molecule has 0 spiro atoms. The molecule has 9 N–H and O–H groups in total. The van der Waals surface area contributed by atoms with Gasteiger partial charge in [-0.3, -0.25) is 15.3 Å². The summed E-state index contributed by atoms with van der Waals surface area (Å²) >= 11 is 7.08. The van der Waals surface area contributed by atoms with E-state index >= 15 is 0 Å². The number of nitrogens with one attached hydrogen (secondary N) is 3. The minimum absolute atomic E-state index is 0. The summed E-state index contributed by atoms with van der Waals surface area (Å²) in [5, 5.41) is 49.3. The average Bonchev–Trinajstić information content (AvgIpc) is 0.948. The number of nitrogens with zero attached hydrogens (tertiary/aromatic N) is 3. The Balaban J connectivity index is 0.00000234. The number of aliphatic hydroxyl groups is 3. The smallest absolute Gasteiger partial charge is 0.231 e. The number of benzene rings is 6. The second-order valence-corrected chi connectivity index (χ2v) is 30.8. The van der Waals surface area contributed by atoms with Crippen molar-refractivity contribution in [2.75, 3.05) is 101 Å². The molecule has 0 saturated heterocycles. The summed E-state index contributed by atoms with van der Waals surface area (Å²) in [6, 6.07) is 24.5. The number of aliphatic hydroxyl groups excluding tert-OH is 3. The van der Waals surface area contributed by atoms with Crippen molar-refractivity contribution in [1.29, 1.82) is 0 Å². The number of hydrogen-bond acceptors (Lipinski definition) is 19. The van der Waals surface area contributed by atoms with Gasteiger partial charge in [0.25, 0.3) is 0 Å². The van der Waals surface area contributed by atoms with Gasteiger partial charge in [-0.15, -0.1) is 0 Å². The van der Waals surface area contributed by atoms with Crippen molar-refractivity contribution >= 4 is 18.3 Å². The lowest BCUT2D eigenvalue weighted by Gasteiger charge is -2.53. The third kappa shape index (κ3) is 9.32. The fraction of sp³-hybridized carbons (Fsp3) is 0.455. The van der Waals surface area contributed by atoms with Gasteiger partial charge < -0.3 is 102 Å². The van der Waals surface area contributed by atoms with Gasteiger partial charge in [-0.2, -0.15) is 0 Å². The number of rotatable bonds is 12.